The lowest BCUT2D eigenvalue weighted by atomic mass is 10.1. The minimum atomic E-state index is 0.238. The average molecular weight is 260 g/mol. The predicted octanol–water partition coefficient (Wildman–Crippen LogP) is 3.38. The van der Waals surface area contributed by atoms with Crippen LogP contribution in [0.25, 0.3) is 0 Å². The fourth-order valence-corrected chi connectivity index (χ4v) is 3.18. The molecule has 1 heterocycles. The molecule has 0 spiro atoms. The topological polar surface area (TPSA) is 24.4 Å². The standard InChI is InChI=1S/C12H24N2S2/c1-12(2)10-16-11(14-12)13-8-6-4-5-7-9-15-3/h4-10H2,1-3H3,(H,13,14). The third-order valence-electron chi connectivity index (χ3n) is 2.53. The molecule has 1 aliphatic rings. The monoisotopic (exact) mass is 260 g/mol. The number of rotatable bonds is 7. The van der Waals surface area contributed by atoms with Crippen LogP contribution in [0.2, 0.25) is 0 Å². The second kappa shape index (κ2) is 7.49. The van der Waals surface area contributed by atoms with E-state index < -0.39 is 0 Å². The zero-order valence-corrected chi connectivity index (χ0v) is 12.3. The Balaban J connectivity index is 2.00. The molecule has 0 aromatic carbocycles. The van der Waals surface area contributed by atoms with E-state index in [-0.39, 0.29) is 5.54 Å². The molecule has 0 aromatic heterocycles. The SMILES string of the molecule is CSCCCCCCN=C1NC(C)(C)CS1. The summed E-state index contributed by atoms with van der Waals surface area (Å²) in [6, 6.07) is 0. The third-order valence-corrected chi connectivity index (χ3v) is 4.59. The Bertz CT molecular complexity index is 227. The van der Waals surface area contributed by atoms with Crippen LogP contribution in [0.15, 0.2) is 4.99 Å². The molecule has 1 N–H and O–H groups in total. The molecule has 0 radical (unpaired) electrons. The van der Waals surface area contributed by atoms with Crippen LogP contribution in [0.3, 0.4) is 0 Å². The Morgan fingerprint density at radius 1 is 1.31 bits per heavy atom. The zero-order valence-electron chi connectivity index (χ0n) is 10.7. The van der Waals surface area contributed by atoms with Crippen LogP contribution in [-0.4, -0.2) is 35.0 Å². The first-order chi connectivity index (χ1) is 7.64. The number of nitrogens with zero attached hydrogens (tertiary/aromatic N) is 1. The number of unbranched alkanes of at least 4 members (excludes halogenated alkanes) is 3. The van der Waals surface area contributed by atoms with Gasteiger partial charge in [0.05, 0.1) is 0 Å². The van der Waals surface area contributed by atoms with Crippen LogP contribution in [0, 0.1) is 0 Å². The normalized spacial score (nSPS) is 21.3. The van der Waals surface area contributed by atoms with Gasteiger partial charge in [-0.1, -0.05) is 24.6 Å². The molecule has 2 nitrogen and oxygen atoms in total. The van der Waals surface area contributed by atoms with Gasteiger partial charge in [-0.15, -0.1) is 0 Å². The van der Waals surface area contributed by atoms with Crippen molar-refractivity contribution in [1.29, 1.82) is 0 Å². The number of aliphatic imine (C=N–C) groups is 1. The van der Waals surface area contributed by atoms with Crippen LogP contribution in [0.4, 0.5) is 0 Å². The van der Waals surface area contributed by atoms with Crippen molar-refractivity contribution in [2.75, 3.05) is 24.3 Å². The van der Waals surface area contributed by atoms with Crippen molar-refractivity contribution in [2.24, 2.45) is 4.99 Å². The summed E-state index contributed by atoms with van der Waals surface area (Å²) in [7, 11) is 0. The first-order valence-electron chi connectivity index (χ1n) is 6.08. The van der Waals surface area contributed by atoms with Crippen molar-refractivity contribution in [3.63, 3.8) is 0 Å². The minimum absolute atomic E-state index is 0.238. The van der Waals surface area contributed by atoms with E-state index in [2.05, 4.69) is 30.4 Å². The summed E-state index contributed by atoms with van der Waals surface area (Å²) >= 11 is 3.80. The summed E-state index contributed by atoms with van der Waals surface area (Å²) in [6.07, 6.45) is 7.46. The number of hydrogen-bond acceptors (Lipinski definition) is 3. The second-order valence-corrected chi connectivity index (χ2v) is 6.84. The Morgan fingerprint density at radius 2 is 2.06 bits per heavy atom. The molecule has 0 aromatic rings. The molecule has 0 aliphatic carbocycles. The molecule has 1 rings (SSSR count). The first-order valence-corrected chi connectivity index (χ1v) is 8.46. The molecule has 94 valence electrons. The van der Waals surface area contributed by atoms with Crippen molar-refractivity contribution in [3.8, 4) is 0 Å². The van der Waals surface area contributed by atoms with Crippen molar-refractivity contribution >= 4 is 28.7 Å². The quantitative estimate of drug-likeness (QED) is 0.710. The Labute approximate surface area is 108 Å². The van der Waals surface area contributed by atoms with Gasteiger partial charge in [-0.25, -0.2) is 0 Å². The van der Waals surface area contributed by atoms with Crippen molar-refractivity contribution in [2.45, 2.75) is 45.1 Å². The highest BCUT2D eigenvalue weighted by molar-refractivity contribution is 8.14. The first kappa shape index (κ1) is 14.2. The number of hydrogen-bond donors (Lipinski definition) is 1. The number of thioether (sulfide) groups is 2. The van der Waals surface area contributed by atoms with Gasteiger partial charge in [0.2, 0.25) is 0 Å². The highest BCUT2D eigenvalue weighted by atomic mass is 32.2. The lowest BCUT2D eigenvalue weighted by Crippen LogP contribution is -2.36. The van der Waals surface area contributed by atoms with E-state index in [4.69, 9.17) is 0 Å². The molecule has 1 fully saturated rings. The summed E-state index contributed by atoms with van der Waals surface area (Å²) in [6.45, 7) is 5.44. The highest BCUT2D eigenvalue weighted by Gasteiger charge is 2.26. The Morgan fingerprint density at radius 3 is 2.69 bits per heavy atom. The van der Waals surface area contributed by atoms with Crippen LogP contribution in [0.5, 0.6) is 0 Å². The molecular weight excluding hydrogens is 236 g/mol. The summed E-state index contributed by atoms with van der Waals surface area (Å²) in [5.74, 6) is 2.44. The largest absolute Gasteiger partial charge is 0.359 e. The fraction of sp³-hybridized carbons (Fsp3) is 0.917. The van der Waals surface area contributed by atoms with Gasteiger partial charge in [0, 0.05) is 17.8 Å². The van der Waals surface area contributed by atoms with Crippen LogP contribution in [0.1, 0.15) is 39.5 Å². The number of amidine groups is 1. The van der Waals surface area contributed by atoms with Gasteiger partial charge in [0.1, 0.15) is 0 Å². The fourth-order valence-electron chi connectivity index (χ4n) is 1.59. The van der Waals surface area contributed by atoms with Crippen LogP contribution >= 0.6 is 23.5 Å². The molecule has 4 heteroatoms. The van der Waals surface area contributed by atoms with E-state index in [1.165, 1.54) is 31.4 Å². The van der Waals surface area contributed by atoms with Crippen molar-refractivity contribution < 1.29 is 0 Å². The molecule has 0 unspecified atom stereocenters. The molecule has 1 aliphatic heterocycles. The van der Waals surface area contributed by atoms with Crippen molar-refractivity contribution in [1.82, 2.24) is 5.32 Å². The van der Waals surface area contributed by atoms with Crippen LogP contribution < -0.4 is 5.32 Å². The van der Waals surface area contributed by atoms with E-state index in [1.54, 1.807) is 0 Å². The van der Waals surface area contributed by atoms with Gasteiger partial charge in [-0.2, -0.15) is 11.8 Å². The maximum Gasteiger partial charge on any atom is 0.157 e. The van der Waals surface area contributed by atoms with E-state index in [0.717, 1.165) is 17.5 Å². The molecule has 1 saturated heterocycles. The summed E-state index contributed by atoms with van der Waals surface area (Å²) in [4.78, 5) is 4.60. The van der Waals surface area contributed by atoms with E-state index in [9.17, 15) is 0 Å². The molecule has 16 heavy (non-hydrogen) atoms. The molecule has 0 saturated carbocycles. The maximum absolute atomic E-state index is 4.60. The Hall–Kier alpha value is 0.170. The maximum atomic E-state index is 4.60. The van der Waals surface area contributed by atoms with Gasteiger partial charge in [-0.3, -0.25) is 4.99 Å². The smallest absolute Gasteiger partial charge is 0.157 e. The van der Waals surface area contributed by atoms with Gasteiger partial charge in [-0.05, 0) is 38.7 Å². The Kier molecular flexibility index (Phi) is 6.66. The summed E-state index contributed by atoms with van der Waals surface area (Å²) in [5, 5.41) is 4.60. The van der Waals surface area contributed by atoms with E-state index in [0.29, 0.717) is 0 Å². The summed E-state index contributed by atoms with van der Waals surface area (Å²) < 4.78 is 0. The van der Waals surface area contributed by atoms with E-state index in [1.807, 2.05) is 23.5 Å². The van der Waals surface area contributed by atoms with Gasteiger partial charge < -0.3 is 5.32 Å². The predicted molar refractivity (Wildman–Crippen MR) is 78.8 cm³/mol. The van der Waals surface area contributed by atoms with Gasteiger partial charge >= 0.3 is 0 Å². The highest BCUT2D eigenvalue weighted by Crippen LogP contribution is 2.22. The molecule has 0 bridgehead atoms. The van der Waals surface area contributed by atoms with Crippen LogP contribution in [-0.2, 0) is 0 Å². The summed E-state index contributed by atoms with van der Waals surface area (Å²) in [5.41, 5.74) is 0.238. The van der Waals surface area contributed by atoms with Crippen molar-refractivity contribution in [3.05, 3.63) is 0 Å². The lowest BCUT2D eigenvalue weighted by molar-refractivity contribution is 0.536. The van der Waals surface area contributed by atoms with Gasteiger partial charge in [0.15, 0.2) is 5.17 Å². The van der Waals surface area contributed by atoms with Gasteiger partial charge in [0.25, 0.3) is 0 Å². The second-order valence-electron chi connectivity index (χ2n) is 4.89. The molecular formula is C12H24N2S2. The molecule has 0 atom stereocenters. The number of nitrogens with one attached hydrogen (secondary N) is 1. The lowest BCUT2D eigenvalue weighted by Gasteiger charge is -2.15. The van der Waals surface area contributed by atoms with E-state index >= 15 is 0 Å². The zero-order chi connectivity index (χ0) is 11.9. The minimum Gasteiger partial charge on any atom is -0.359 e. The third kappa shape index (κ3) is 6.04. The molecule has 0 amide bonds. The average Bonchev–Trinajstić information content (AvgIpc) is 2.57.